The van der Waals surface area contributed by atoms with Gasteiger partial charge in [0.15, 0.2) is 0 Å². The molecular weight excluding hydrogens is 258 g/mol. The molecule has 0 unspecified atom stereocenters. The van der Waals surface area contributed by atoms with Gasteiger partial charge < -0.3 is 9.67 Å². The van der Waals surface area contributed by atoms with Gasteiger partial charge in [-0.1, -0.05) is 11.6 Å². The van der Waals surface area contributed by atoms with Crippen molar-refractivity contribution in [3.05, 3.63) is 33.9 Å². The zero-order valence-corrected chi connectivity index (χ0v) is 10.00. The SMILES string of the molecule is Cc1ccc2c(c1)c(C(=O)O)c(Br)n2C. The predicted molar refractivity (Wildman–Crippen MR) is 62.3 cm³/mol. The van der Waals surface area contributed by atoms with Crippen LogP contribution in [0, 0.1) is 6.92 Å². The third-order valence-corrected chi connectivity index (χ3v) is 3.43. The van der Waals surface area contributed by atoms with Crippen LogP contribution in [0.5, 0.6) is 0 Å². The largest absolute Gasteiger partial charge is 0.478 e. The Balaban J connectivity index is 2.95. The van der Waals surface area contributed by atoms with Crippen molar-refractivity contribution in [2.24, 2.45) is 7.05 Å². The van der Waals surface area contributed by atoms with E-state index in [1.807, 2.05) is 36.7 Å². The molecular formula is C11H10BrNO2. The number of carboxylic acid groups (broad SMARTS) is 1. The summed E-state index contributed by atoms with van der Waals surface area (Å²) in [6, 6.07) is 5.80. The molecule has 3 nitrogen and oxygen atoms in total. The van der Waals surface area contributed by atoms with E-state index in [1.54, 1.807) is 0 Å². The van der Waals surface area contributed by atoms with E-state index >= 15 is 0 Å². The molecule has 0 aliphatic heterocycles. The van der Waals surface area contributed by atoms with Crippen molar-refractivity contribution in [2.45, 2.75) is 6.92 Å². The number of nitrogens with zero attached hydrogens (tertiary/aromatic N) is 1. The summed E-state index contributed by atoms with van der Waals surface area (Å²) in [5, 5.41) is 9.90. The van der Waals surface area contributed by atoms with Gasteiger partial charge >= 0.3 is 5.97 Å². The Labute approximate surface area is 95.5 Å². The first-order valence-electron chi connectivity index (χ1n) is 4.50. The maximum atomic E-state index is 11.1. The first kappa shape index (κ1) is 10.2. The highest BCUT2D eigenvalue weighted by atomic mass is 79.9. The third kappa shape index (κ3) is 1.45. The molecule has 0 aliphatic rings. The van der Waals surface area contributed by atoms with Crippen molar-refractivity contribution in [2.75, 3.05) is 0 Å². The first-order chi connectivity index (χ1) is 7.02. The van der Waals surface area contributed by atoms with Gasteiger partial charge in [-0.3, -0.25) is 0 Å². The fourth-order valence-corrected chi connectivity index (χ4v) is 2.30. The van der Waals surface area contributed by atoms with Crippen molar-refractivity contribution in [1.29, 1.82) is 0 Å². The van der Waals surface area contributed by atoms with Crippen LogP contribution < -0.4 is 0 Å². The summed E-state index contributed by atoms with van der Waals surface area (Å²) in [5.41, 5.74) is 2.31. The van der Waals surface area contributed by atoms with Gasteiger partial charge in [-0.15, -0.1) is 0 Å². The number of aromatic carboxylic acids is 1. The maximum Gasteiger partial charge on any atom is 0.339 e. The van der Waals surface area contributed by atoms with Crippen molar-refractivity contribution < 1.29 is 9.90 Å². The minimum Gasteiger partial charge on any atom is -0.478 e. The van der Waals surface area contributed by atoms with Gasteiger partial charge in [-0.25, -0.2) is 4.79 Å². The summed E-state index contributed by atoms with van der Waals surface area (Å²) in [5.74, 6) is -0.905. The molecule has 0 saturated carbocycles. The van der Waals surface area contributed by atoms with Gasteiger partial charge in [-0.05, 0) is 35.0 Å². The van der Waals surface area contributed by atoms with Crippen LogP contribution in [0.25, 0.3) is 10.9 Å². The zero-order chi connectivity index (χ0) is 11.2. The second-order valence-corrected chi connectivity index (χ2v) is 4.30. The fraction of sp³-hybridized carbons (Fsp3) is 0.182. The normalized spacial score (nSPS) is 10.9. The molecule has 0 spiro atoms. The van der Waals surface area contributed by atoms with Crippen LogP contribution in [0.2, 0.25) is 0 Å². The van der Waals surface area contributed by atoms with Gasteiger partial charge in [0.05, 0.1) is 5.56 Å². The highest BCUT2D eigenvalue weighted by Crippen LogP contribution is 2.29. The van der Waals surface area contributed by atoms with E-state index in [0.29, 0.717) is 10.2 Å². The lowest BCUT2D eigenvalue weighted by Gasteiger charge is -1.97. The summed E-state index contributed by atoms with van der Waals surface area (Å²) in [7, 11) is 1.84. The fourth-order valence-electron chi connectivity index (χ4n) is 1.73. The van der Waals surface area contributed by atoms with Crippen LogP contribution in [-0.4, -0.2) is 15.6 Å². The van der Waals surface area contributed by atoms with Gasteiger partial charge in [0.1, 0.15) is 4.60 Å². The maximum absolute atomic E-state index is 11.1. The average molecular weight is 268 g/mol. The molecule has 1 aromatic heterocycles. The standard InChI is InChI=1S/C11H10BrNO2/c1-6-3-4-8-7(5-6)9(11(14)15)10(12)13(8)2/h3-5H,1-2H3,(H,14,15). The molecule has 78 valence electrons. The van der Waals surface area contributed by atoms with E-state index in [1.165, 1.54) is 0 Å². The molecule has 2 aromatic rings. The molecule has 0 atom stereocenters. The summed E-state index contributed by atoms with van der Waals surface area (Å²) < 4.78 is 2.44. The Bertz CT molecular complexity index is 557. The molecule has 15 heavy (non-hydrogen) atoms. The summed E-state index contributed by atoms with van der Waals surface area (Å²) in [6.07, 6.45) is 0. The van der Waals surface area contributed by atoms with E-state index in [9.17, 15) is 4.79 Å². The molecule has 0 saturated heterocycles. The lowest BCUT2D eigenvalue weighted by Crippen LogP contribution is -1.96. The minimum absolute atomic E-state index is 0.330. The third-order valence-electron chi connectivity index (χ3n) is 2.50. The van der Waals surface area contributed by atoms with Crippen LogP contribution in [0.15, 0.2) is 22.8 Å². The first-order valence-corrected chi connectivity index (χ1v) is 5.29. The summed E-state index contributed by atoms with van der Waals surface area (Å²) in [4.78, 5) is 11.1. The molecule has 2 rings (SSSR count). The van der Waals surface area contributed by atoms with Crippen molar-refractivity contribution in [3.63, 3.8) is 0 Å². The van der Waals surface area contributed by atoms with Crippen LogP contribution in [-0.2, 0) is 7.05 Å². The molecule has 1 N–H and O–H groups in total. The number of fused-ring (bicyclic) bond motifs is 1. The number of hydrogen-bond acceptors (Lipinski definition) is 1. The molecule has 0 amide bonds. The quantitative estimate of drug-likeness (QED) is 0.863. The highest BCUT2D eigenvalue weighted by molar-refractivity contribution is 9.10. The molecule has 0 aliphatic carbocycles. The van der Waals surface area contributed by atoms with Crippen molar-refractivity contribution in [1.82, 2.24) is 4.57 Å². The minimum atomic E-state index is -0.905. The number of halogens is 1. The van der Waals surface area contributed by atoms with Gasteiger partial charge in [0, 0.05) is 18.0 Å². The number of carbonyl (C=O) groups is 1. The number of aryl methyl sites for hydroxylation is 2. The van der Waals surface area contributed by atoms with Crippen molar-refractivity contribution >= 4 is 32.8 Å². The van der Waals surface area contributed by atoms with Crippen LogP contribution in [0.1, 0.15) is 15.9 Å². The van der Waals surface area contributed by atoms with E-state index < -0.39 is 5.97 Å². The van der Waals surface area contributed by atoms with Crippen LogP contribution in [0.4, 0.5) is 0 Å². The number of aromatic nitrogens is 1. The zero-order valence-electron chi connectivity index (χ0n) is 8.41. The van der Waals surface area contributed by atoms with Crippen LogP contribution >= 0.6 is 15.9 Å². The van der Waals surface area contributed by atoms with E-state index in [-0.39, 0.29) is 0 Å². The number of benzene rings is 1. The Kier molecular flexibility index (Phi) is 2.31. The Morgan fingerprint density at radius 1 is 1.47 bits per heavy atom. The second kappa shape index (κ2) is 3.38. The van der Waals surface area contributed by atoms with E-state index in [2.05, 4.69) is 15.9 Å². The molecule has 1 aromatic carbocycles. The molecule has 0 radical (unpaired) electrons. The van der Waals surface area contributed by atoms with Crippen LogP contribution in [0.3, 0.4) is 0 Å². The van der Waals surface area contributed by atoms with Gasteiger partial charge in [0.2, 0.25) is 0 Å². The molecule has 4 heteroatoms. The number of rotatable bonds is 1. The predicted octanol–water partition coefficient (Wildman–Crippen LogP) is 2.95. The van der Waals surface area contributed by atoms with E-state index in [4.69, 9.17) is 5.11 Å². The Morgan fingerprint density at radius 2 is 2.13 bits per heavy atom. The monoisotopic (exact) mass is 267 g/mol. The second-order valence-electron chi connectivity index (χ2n) is 3.55. The Morgan fingerprint density at radius 3 is 2.73 bits per heavy atom. The van der Waals surface area contributed by atoms with Gasteiger partial charge in [-0.2, -0.15) is 0 Å². The Hall–Kier alpha value is -1.29. The molecule has 0 bridgehead atoms. The average Bonchev–Trinajstić information content (AvgIpc) is 2.39. The van der Waals surface area contributed by atoms with Crippen molar-refractivity contribution in [3.8, 4) is 0 Å². The highest BCUT2D eigenvalue weighted by Gasteiger charge is 2.18. The topological polar surface area (TPSA) is 42.2 Å². The smallest absolute Gasteiger partial charge is 0.339 e. The van der Waals surface area contributed by atoms with Gasteiger partial charge in [0.25, 0.3) is 0 Å². The molecule has 0 fully saturated rings. The molecule has 1 heterocycles. The van der Waals surface area contributed by atoms with E-state index in [0.717, 1.165) is 16.5 Å². The summed E-state index contributed by atoms with van der Waals surface area (Å²) >= 11 is 3.30. The lowest BCUT2D eigenvalue weighted by atomic mass is 10.1. The number of hydrogen-bond donors (Lipinski definition) is 1. The lowest BCUT2D eigenvalue weighted by molar-refractivity contribution is 0.0698. The summed E-state index contributed by atoms with van der Waals surface area (Å²) in [6.45, 7) is 1.95. The number of carboxylic acids is 1.